The van der Waals surface area contributed by atoms with Gasteiger partial charge in [-0.3, -0.25) is 4.79 Å². The molecule has 1 aliphatic heterocycles. The number of hydrogen-bond donors (Lipinski definition) is 0. The van der Waals surface area contributed by atoms with Gasteiger partial charge in [0.1, 0.15) is 0 Å². The SMILES string of the molecule is O=C(Cl)CCCN1CCCc2ccccc21. The van der Waals surface area contributed by atoms with Crippen LogP contribution in [0.25, 0.3) is 0 Å². The number of hydrogen-bond acceptors (Lipinski definition) is 2. The van der Waals surface area contributed by atoms with E-state index >= 15 is 0 Å². The maximum atomic E-state index is 10.7. The smallest absolute Gasteiger partial charge is 0.221 e. The minimum atomic E-state index is -0.231. The lowest BCUT2D eigenvalue weighted by Gasteiger charge is -2.31. The molecule has 0 aliphatic carbocycles. The van der Waals surface area contributed by atoms with Crippen LogP contribution in [0, 0.1) is 0 Å². The van der Waals surface area contributed by atoms with E-state index < -0.39 is 0 Å². The first-order valence-electron chi connectivity index (χ1n) is 5.78. The molecule has 1 aromatic carbocycles. The number of benzene rings is 1. The lowest BCUT2D eigenvalue weighted by molar-refractivity contribution is -0.111. The highest BCUT2D eigenvalue weighted by atomic mass is 35.5. The predicted octanol–water partition coefficient (Wildman–Crippen LogP) is 2.98. The summed E-state index contributed by atoms with van der Waals surface area (Å²) in [5.74, 6) is 0. The highest BCUT2D eigenvalue weighted by Gasteiger charge is 2.15. The zero-order chi connectivity index (χ0) is 11.4. The van der Waals surface area contributed by atoms with Crippen molar-refractivity contribution >= 4 is 22.5 Å². The van der Waals surface area contributed by atoms with Gasteiger partial charge in [0.25, 0.3) is 0 Å². The van der Waals surface area contributed by atoms with Crippen LogP contribution >= 0.6 is 11.6 Å². The van der Waals surface area contributed by atoms with E-state index in [1.165, 1.54) is 24.1 Å². The Hall–Kier alpha value is -1.02. The fourth-order valence-corrected chi connectivity index (χ4v) is 2.39. The Morgan fingerprint density at radius 1 is 1.38 bits per heavy atom. The molecule has 0 fully saturated rings. The molecule has 16 heavy (non-hydrogen) atoms. The third-order valence-electron chi connectivity index (χ3n) is 3.01. The number of para-hydroxylation sites is 1. The highest BCUT2D eigenvalue weighted by molar-refractivity contribution is 6.63. The normalized spacial score (nSPS) is 14.7. The van der Waals surface area contributed by atoms with Crippen molar-refractivity contribution in [2.45, 2.75) is 25.7 Å². The summed E-state index contributed by atoms with van der Waals surface area (Å²) in [6.07, 6.45) is 3.68. The molecule has 1 aromatic rings. The van der Waals surface area contributed by atoms with Gasteiger partial charge in [-0.15, -0.1) is 0 Å². The summed E-state index contributed by atoms with van der Waals surface area (Å²) in [6.45, 7) is 2.02. The average Bonchev–Trinajstić information content (AvgIpc) is 2.29. The summed E-state index contributed by atoms with van der Waals surface area (Å²) >= 11 is 5.34. The Morgan fingerprint density at radius 2 is 2.19 bits per heavy atom. The van der Waals surface area contributed by atoms with Gasteiger partial charge in [0, 0.05) is 25.2 Å². The molecule has 0 spiro atoms. The van der Waals surface area contributed by atoms with E-state index in [-0.39, 0.29) is 5.24 Å². The summed E-state index contributed by atoms with van der Waals surface area (Å²) in [4.78, 5) is 13.0. The van der Waals surface area contributed by atoms with Crippen molar-refractivity contribution in [1.82, 2.24) is 0 Å². The van der Waals surface area contributed by atoms with Crippen LogP contribution in [-0.4, -0.2) is 18.3 Å². The van der Waals surface area contributed by atoms with Crippen molar-refractivity contribution in [1.29, 1.82) is 0 Å². The molecule has 0 atom stereocenters. The number of fused-ring (bicyclic) bond motifs is 1. The van der Waals surface area contributed by atoms with Gasteiger partial charge in [0.05, 0.1) is 0 Å². The van der Waals surface area contributed by atoms with Crippen LogP contribution < -0.4 is 4.90 Å². The second-order valence-electron chi connectivity index (χ2n) is 4.18. The molecule has 1 heterocycles. The number of aryl methyl sites for hydroxylation is 1. The van der Waals surface area contributed by atoms with Crippen LogP contribution in [0.1, 0.15) is 24.8 Å². The van der Waals surface area contributed by atoms with E-state index in [1.807, 2.05) is 0 Å². The van der Waals surface area contributed by atoms with Gasteiger partial charge in [-0.25, -0.2) is 0 Å². The molecule has 0 saturated carbocycles. The van der Waals surface area contributed by atoms with Gasteiger partial charge in [0.15, 0.2) is 0 Å². The maximum Gasteiger partial charge on any atom is 0.221 e. The first-order valence-corrected chi connectivity index (χ1v) is 6.16. The Balaban J connectivity index is 1.99. The van der Waals surface area contributed by atoms with Crippen LogP contribution in [0.5, 0.6) is 0 Å². The fourth-order valence-electron chi connectivity index (χ4n) is 2.25. The van der Waals surface area contributed by atoms with Gasteiger partial charge in [-0.2, -0.15) is 0 Å². The summed E-state index contributed by atoms with van der Waals surface area (Å²) < 4.78 is 0. The minimum Gasteiger partial charge on any atom is -0.371 e. The van der Waals surface area contributed by atoms with Gasteiger partial charge in [-0.05, 0) is 42.5 Å². The van der Waals surface area contributed by atoms with Crippen LogP contribution in [0.4, 0.5) is 5.69 Å². The van der Waals surface area contributed by atoms with Crippen molar-refractivity contribution in [3.63, 3.8) is 0 Å². The molecule has 3 heteroatoms. The molecule has 0 N–H and O–H groups in total. The fraction of sp³-hybridized carbons (Fsp3) is 0.462. The van der Waals surface area contributed by atoms with E-state index in [0.29, 0.717) is 6.42 Å². The number of nitrogens with zero attached hydrogens (tertiary/aromatic N) is 1. The van der Waals surface area contributed by atoms with Crippen molar-refractivity contribution in [3.05, 3.63) is 29.8 Å². The third-order valence-corrected chi connectivity index (χ3v) is 3.20. The zero-order valence-corrected chi connectivity index (χ0v) is 10.0. The van der Waals surface area contributed by atoms with Crippen LogP contribution in [-0.2, 0) is 11.2 Å². The Bertz CT molecular complexity index is 378. The van der Waals surface area contributed by atoms with Gasteiger partial charge < -0.3 is 4.90 Å². The molecular formula is C13H16ClNO. The predicted molar refractivity (Wildman–Crippen MR) is 67.1 cm³/mol. The van der Waals surface area contributed by atoms with Crippen molar-refractivity contribution in [2.24, 2.45) is 0 Å². The Labute approximate surface area is 101 Å². The van der Waals surface area contributed by atoms with Crippen LogP contribution in [0.2, 0.25) is 0 Å². The number of halogens is 1. The van der Waals surface area contributed by atoms with E-state index in [0.717, 1.165) is 19.5 Å². The second-order valence-corrected chi connectivity index (χ2v) is 4.60. The van der Waals surface area contributed by atoms with Gasteiger partial charge in [-0.1, -0.05) is 18.2 Å². The monoisotopic (exact) mass is 237 g/mol. The molecule has 86 valence electrons. The summed E-state index contributed by atoms with van der Waals surface area (Å²) in [6, 6.07) is 8.51. The molecule has 2 rings (SSSR count). The molecule has 0 aromatic heterocycles. The van der Waals surface area contributed by atoms with Gasteiger partial charge in [0.2, 0.25) is 5.24 Å². The van der Waals surface area contributed by atoms with E-state index in [4.69, 9.17) is 11.6 Å². The number of carbonyl (C=O) groups excluding carboxylic acids is 1. The molecule has 2 nitrogen and oxygen atoms in total. The topological polar surface area (TPSA) is 20.3 Å². The van der Waals surface area contributed by atoms with Crippen LogP contribution in [0.15, 0.2) is 24.3 Å². The molecular weight excluding hydrogens is 222 g/mol. The minimum absolute atomic E-state index is 0.231. The summed E-state index contributed by atoms with van der Waals surface area (Å²) in [7, 11) is 0. The Morgan fingerprint density at radius 3 is 3.00 bits per heavy atom. The Kier molecular flexibility index (Phi) is 3.83. The summed E-state index contributed by atoms with van der Waals surface area (Å²) in [5, 5.41) is -0.231. The van der Waals surface area contributed by atoms with E-state index in [9.17, 15) is 4.79 Å². The molecule has 1 aliphatic rings. The number of rotatable bonds is 4. The molecule has 0 unspecified atom stereocenters. The molecule has 0 amide bonds. The first kappa shape index (κ1) is 11.5. The standard InChI is InChI=1S/C13H16ClNO/c14-13(16)8-4-10-15-9-3-6-11-5-1-2-7-12(11)15/h1-2,5,7H,3-4,6,8-10H2. The summed E-state index contributed by atoms with van der Waals surface area (Å²) in [5.41, 5.74) is 2.75. The lowest BCUT2D eigenvalue weighted by atomic mass is 10.0. The third kappa shape index (κ3) is 2.76. The zero-order valence-electron chi connectivity index (χ0n) is 9.29. The second kappa shape index (κ2) is 5.35. The molecule has 0 bridgehead atoms. The quantitative estimate of drug-likeness (QED) is 0.751. The van der Waals surface area contributed by atoms with E-state index in [2.05, 4.69) is 29.2 Å². The molecule has 0 radical (unpaired) electrons. The van der Waals surface area contributed by atoms with Crippen molar-refractivity contribution in [3.8, 4) is 0 Å². The largest absolute Gasteiger partial charge is 0.371 e. The highest BCUT2D eigenvalue weighted by Crippen LogP contribution is 2.26. The van der Waals surface area contributed by atoms with E-state index in [1.54, 1.807) is 0 Å². The number of carbonyl (C=O) groups is 1. The van der Waals surface area contributed by atoms with Gasteiger partial charge >= 0.3 is 0 Å². The van der Waals surface area contributed by atoms with Crippen LogP contribution in [0.3, 0.4) is 0 Å². The molecule has 0 saturated heterocycles. The lowest BCUT2D eigenvalue weighted by Crippen LogP contribution is -2.30. The average molecular weight is 238 g/mol. The van der Waals surface area contributed by atoms with Crippen molar-refractivity contribution < 1.29 is 4.79 Å². The van der Waals surface area contributed by atoms with Crippen molar-refractivity contribution in [2.75, 3.05) is 18.0 Å². The first-order chi connectivity index (χ1) is 7.77. The maximum absolute atomic E-state index is 10.7. The number of anilines is 1.